The van der Waals surface area contributed by atoms with Crippen molar-refractivity contribution in [2.45, 2.75) is 4.90 Å². The predicted molar refractivity (Wildman–Crippen MR) is 141 cm³/mol. The second kappa shape index (κ2) is 10.7. The van der Waals surface area contributed by atoms with Crippen molar-refractivity contribution in [2.75, 3.05) is 5.32 Å². The number of halogens is 1. The molecule has 0 fully saturated rings. The number of fused-ring (bicyclic) bond motifs is 2. The number of hydrogen-bond donors (Lipinski definition) is 3. The van der Waals surface area contributed by atoms with E-state index in [1.807, 2.05) is 60.1 Å². The number of benzene rings is 4. The molecule has 0 amide bonds. The monoisotopic (exact) mass is 514 g/mol. The fraction of sp³-hybridized carbons (Fsp3) is 0.0417. The summed E-state index contributed by atoms with van der Waals surface area (Å²) in [6.45, 7) is 0. The molecule has 10 heteroatoms. The zero-order valence-corrected chi connectivity index (χ0v) is 20.6. The smallest absolute Gasteiger partial charge is 0.295 e. The Balaban J connectivity index is 0.000000212. The van der Waals surface area contributed by atoms with E-state index in [-0.39, 0.29) is 17.3 Å². The number of aryl methyl sites for hydroxylation is 1. The van der Waals surface area contributed by atoms with Crippen LogP contribution in [0.3, 0.4) is 0 Å². The van der Waals surface area contributed by atoms with Crippen LogP contribution < -0.4 is 16.0 Å². The first-order valence-electron chi connectivity index (χ1n) is 9.98. The Labute approximate surface area is 207 Å². The third-order valence-electron chi connectivity index (χ3n) is 5.02. The van der Waals surface area contributed by atoms with E-state index in [1.54, 1.807) is 35.6 Å². The highest BCUT2D eigenvalue weighted by atomic mass is 35.5. The lowest BCUT2D eigenvalue weighted by molar-refractivity contribution is 0.484. The van der Waals surface area contributed by atoms with Crippen molar-refractivity contribution in [2.24, 2.45) is 18.0 Å². The SMILES string of the molecule is Cl.Cn1c(=NN)sc2ccccc21.O=S(=O)(O)c1cccc2cccc(Nc3ccccc3)c12. The van der Waals surface area contributed by atoms with Crippen molar-refractivity contribution in [3.05, 3.63) is 95.8 Å². The maximum absolute atomic E-state index is 11.6. The third kappa shape index (κ3) is 5.40. The first-order chi connectivity index (χ1) is 15.9. The highest BCUT2D eigenvalue weighted by molar-refractivity contribution is 7.86. The largest absolute Gasteiger partial charge is 0.355 e. The molecular weight excluding hydrogens is 492 g/mol. The zero-order valence-electron chi connectivity index (χ0n) is 18.1. The third-order valence-corrected chi connectivity index (χ3v) is 7.05. The van der Waals surface area contributed by atoms with E-state index in [0.717, 1.165) is 15.9 Å². The number of nitrogens with zero attached hydrogens (tertiary/aromatic N) is 2. The minimum absolute atomic E-state index is 0. The summed E-state index contributed by atoms with van der Waals surface area (Å²) in [5.74, 6) is 5.23. The highest BCUT2D eigenvalue weighted by Crippen LogP contribution is 2.31. The number of nitrogens with two attached hydrogens (primary N) is 1. The second-order valence-corrected chi connectivity index (χ2v) is 9.57. The molecule has 4 N–H and O–H groups in total. The summed E-state index contributed by atoms with van der Waals surface area (Å²) in [6.07, 6.45) is 0. The van der Waals surface area contributed by atoms with Crippen LogP contribution in [0.15, 0.2) is 101 Å². The molecule has 0 saturated carbocycles. The summed E-state index contributed by atoms with van der Waals surface area (Å²) in [5, 5.41) is 8.09. The van der Waals surface area contributed by atoms with E-state index >= 15 is 0 Å². The van der Waals surface area contributed by atoms with E-state index in [4.69, 9.17) is 5.84 Å². The molecule has 4 aromatic carbocycles. The number of aromatic nitrogens is 1. The summed E-state index contributed by atoms with van der Waals surface area (Å²) in [5.41, 5.74) is 2.65. The fourth-order valence-electron chi connectivity index (χ4n) is 3.51. The minimum Gasteiger partial charge on any atom is -0.355 e. The van der Waals surface area contributed by atoms with Gasteiger partial charge in [-0.25, -0.2) is 0 Å². The molecular formula is C24H23ClN4O3S2. The lowest BCUT2D eigenvalue weighted by atomic mass is 10.1. The molecule has 0 bridgehead atoms. The number of nitrogens with one attached hydrogen (secondary N) is 1. The van der Waals surface area contributed by atoms with Crippen LogP contribution in [0.2, 0.25) is 0 Å². The van der Waals surface area contributed by atoms with E-state index in [0.29, 0.717) is 11.1 Å². The molecule has 34 heavy (non-hydrogen) atoms. The maximum Gasteiger partial charge on any atom is 0.295 e. The van der Waals surface area contributed by atoms with Crippen LogP contribution >= 0.6 is 23.7 Å². The number of para-hydroxylation sites is 2. The van der Waals surface area contributed by atoms with Crippen LogP contribution in [0.5, 0.6) is 0 Å². The summed E-state index contributed by atoms with van der Waals surface area (Å²) in [4.78, 5) is 0.746. The Morgan fingerprint density at radius 2 is 1.56 bits per heavy atom. The van der Waals surface area contributed by atoms with E-state index in [1.165, 1.54) is 16.3 Å². The Morgan fingerprint density at radius 1 is 0.912 bits per heavy atom. The van der Waals surface area contributed by atoms with Gasteiger partial charge in [0.25, 0.3) is 10.1 Å². The summed E-state index contributed by atoms with van der Waals surface area (Å²) in [6, 6.07) is 27.8. The van der Waals surface area contributed by atoms with Crippen molar-refractivity contribution in [1.29, 1.82) is 0 Å². The van der Waals surface area contributed by atoms with Gasteiger partial charge in [0, 0.05) is 23.8 Å². The van der Waals surface area contributed by atoms with Crippen molar-refractivity contribution in [1.82, 2.24) is 4.57 Å². The molecule has 0 aliphatic carbocycles. The molecule has 5 aromatic rings. The summed E-state index contributed by atoms with van der Waals surface area (Å²) in [7, 11) is -2.32. The van der Waals surface area contributed by atoms with Crippen LogP contribution in [-0.4, -0.2) is 17.5 Å². The average Bonchev–Trinajstić information content (AvgIpc) is 3.15. The van der Waals surface area contributed by atoms with Gasteiger partial charge in [0.2, 0.25) is 4.80 Å². The van der Waals surface area contributed by atoms with Gasteiger partial charge in [0.05, 0.1) is 10.2 Å². The standard InChI is InChI=1S/C16H13NO3S.C8H9N3S.ClH/c18-21(19,20)15-11-5-7-12-6-4-10-14(16(12)15)17-13-8-2-1-3-9-13;1-11-6-4-2-3-5-7(6)12-8(11)10-9;/h1-11,17H,(H,18,19,20);2-5H,9H2,1H3;1H. The normalized spacial score (nSPS) is 11.5. The van der Waals surface area contributed by atoms with Crippen LogP contribution in [0.1, 0.15) is 0 Å². The average molecular weight is 515 g/mol. The molecule has 0 spiro atoms. The van der Waals surface area contributed by atoms with Gasteiger partial charge in [0.1, 0.15) is 4.90 Å². The van der Waals surface area contributed by atoms with Crippen molar-refractivity contribution >= 4 is 66.2 Å². The lowest BCUT2D eigenvalue weighted by Crippen LogP contribution is -2.11. The van der Waals surface area contributed by atoms with Crippen LogP contribution in [0.25, 0.3) is 21.0 Å². The predicted octanol–water partition coefficient (Wildman–Crippen LogP) is 5.27. The summed E-state index contributed by atoms with van der Waals surface area (Å²) < 4.78 is 35.8. The molecule has 1 aromatic heterocycles. The van der Waals surface area contributed by atoms with Gasteiger partial charge in [-0.15, -0.1) is 12.4 Å². The topological polar surface area (TPSA) is 110 Å². The minimum atomic E-state index is -4.28. The van der Waals surface area contributed by atoms with E-state index in [2.05, 4.69) is 22.6 Å². The molecule has 5 rings (SSSR count). The van der Waals surface area contributed by atoms with Crippen LogP contribution in [0.4, 0.5) is 11.4 Å². The molecule has 0 radical (unpaired) electrons. The molecule has 0 unspecified atom stereocenters. The maximum atomic E-state index is 11.6. The van der Waals surface area contributed by atoms with Gasteiger partial charge in [-0.2, -0.15) is 13.5 Å². The lowest BCUT2D eigenvalue weighted by Gasteiger charge is -2.12. The van der Waals surface area contributed by atoms with Crippen LogP contribution in [-0.2, 0) is 17.2 Å². The molecule has 0 saturated heterocycles. The number of thiazole rings is 1. The highest BCUT2D eigenvalue weighted by Gasteiger charge is 2.16. The second-order valence-electron chi connectivity index (χ2n) is 7.17. The Hall–Kier alpha value is -3.37. The van der Waals surface area contributed by atoms with Gasteiger partial charge in [-0.05, 0) is 41.8 Å². The Bertz CT molecular complexity index is 1590. The van der Waals surface area contributed by atoms with Crippen LogP contribution in [0, 0.1) is 0 Å². The van der Waals surface area contributed by atoms with Gasteiger partial charge >= 0.3 is 0 Å². The first-order valence-corrected chi connectivity index (χ1v) is 12.2. The number of anilines is 2. The Kier molecular flexibility index (Phi) is 7.95. The first kappa shape index (κ1) is 25.3. The summed E-state index contributed by atoms with van der Waals surface area (Å²) >= 11 is 1.60. The molecule has 1 heterocycles. The van der Waals surface area contributed by atoms with Crippen molar-refractivity contribution in [3.8, 4) is 0 Å². The van der Waals surface area contributed by atoms with E-state index < -0.39 is 10.1 Å². The van der Waals surface area contributed by atoms with E-state index in [9.17, 15) is 13.0 Å². The fourth-order valence-corrected chi connectivity index (χ4v) is 5.18. The number of hydrogen-bond acceptors (Lipinski definition) is 6. The Morgan fingerprint density at radius 3 is 2.21 bits per heavy atom. The molecule has 0 aliphatic heterocycles. The van der Waals surface area contributed by atoms with Crippen molar-refractivity contribution in [3.63, 3.8) is 0 Å². The quantitative estimate of drug-likeness (QED) is 0.173. The van der Waals surface area contributed by atoms with Gasteiger partial charge in [-0.1, -0.05) is 65.9 Å². The van der Waals surface area contributed by atoms with Crippen molar-refractivity contribution < 1.29 is 13.0 Å². The molecule has 0 atom stereocenters. The zero-order chi connectivity index (χ0) is 23.4. The molecule has 176 valence electrons. The van der Waals surface area contributed by atoms with Gasteiger partial charge < -0.3 is 15.7 Å². The molecule has 7 nitrogen and oxygen atoms in total. The molecule has 0 aliphatic rings. The van der Waals surface area contributed by atoms with Gasteiger partial charge in [-0.3, -0.25) is 4.55 Å². The number of rotatable bonds is 3. The van der Waals surface area contributed by atoms with Gasteiger partial charge in [0.15, 0.2) is 0 Å².